The Balaban J connectivity index is 1.20. The molecule has 7 atom stereocenters. The quantitative estimate of drug-likeness (QED) is 0.412. The molecule has 0 radical (unpaired) electrons. The second-order valence-electron chi connectivity index (χ2n) is 10.2. The van der Waals surface area contributed by atoms with E-state index in [-0.39, 0.29) is 12.1 Å². The van der Waals surface area contributed by atoms with Crippen molar-refractivity contribution in [1.82, 2.24) is 19.9 Å². The first-order valence-electron chi connectivity index (χ1n) is 12.9. The van der Waals surface area contributed by atoms with Crippen LogP contribution in [0.3, 0.4) is 0 Å². The molecule has 3 aromatic rings. The average molecular weight is 540 g/mol. The summed E-state index contributed by atoms with van der Waals surface area (Å²) in [5.74, 6) is -0.0659. The Kier molecular flexibility index (Phi) is 6.71. The van der Waals surface area contributed by atoms with Gasteiger partial charge in [-0.05, 0) is 42.8 Å². The molecule has 12 heteroatoms. The fraction of sp³-hybridized carbons (Fsp3) is 0.444. The fourth-order valence-corrected chi connectivity index (χ4v) is 6.01. The summed E-state index contributed by atoms with van der Waals surface area (Å²) in [6.07, 6.45) is -3.00. The lowest BCUT2D eigenvalue weighted by Gasteiger charge is -2.44. The molecule has 11 nitrogen and oxygen atoms in total. The van der Waals surface area contributed by atoms with Gasteiger partial charge in [-0.1, -0.05) is 17.3 Å². The van der Waals surface area contributed by atoms with Crippen LogP contribution < -0.4 is 9.64 Å². The number of aromatic nitrogens is 3. The molecule has 0 aliphatic carbocycles. The third-order valence-corrected chi connectivity index (χ3v) is 8.00. The predicted molar refractivity (Wildman–Crippen MR) is 136 cm³/mol. The van der Waals surface area contributed by atoms with Crippen LogP contribution in [-0.2, 0) is 9.53 Å². The summed E-state index contributed by atoms with van der Waals surface area (Å²) in [7, 11) is 1.62. The van der Waals surface area contributed by atoms with Crippen molar-refractivity contribution in [2.75, 3.05) is 31.7 Å². The van der Waals surface area contributed by atoms with Crippen LogP contribution in [-0.4, -0.2) is 104 Å². The van der Waals surface area contributed by atoms with Gasteiger partial charge in [0.05, 0.1) is 26.0 Å². The maximum absolute atomic E-state index is 13.7. The summed E-state index contributed by atoms with van der Waals surface area (Å²) in [6, 6.07) is 12.5. The van der Waals surface area contributed by atoms with E-state index in [1.165, 1.54) is 29.1 Å². The highest BCUT2D eigenvalue weighted by Gasteiger charge is 2.53. The third-order valence-electron chi connectivity index (χ3n) is 8.00. The Morgan fingerprint density at radius 2 is 1.92 bits per heavy atom. The second kappa shape index (κ2) is 10.2. The minimum Gasteiger partial charge on any atom is -0.497 e. The minimum absolute atomic E-state index is 0.0655. The van der Waals surface area contributed by atoms with E-state index in [2.05, 4.69) is 15.2 Å². The van der Waals surface area contributed by atoms with Crippen LogP contribution in [0.2, 0.25) is 0 Å². The van der Waals surface area contributed by atoms with Gasteiger partial charge in [0.2, 0.25) is 0 Å². The Bertz CT molecular complexity index is 1340. The summed E-state index contributed by atoms with van der Waals surface area (Å²) in [5.41, 5.74) is 1.85. The summed E-state index contributed by atoms with van der Waals surface area (Å²) in [6.45, 7) is 0.546. The highest BCUT2D eigenvalue weighted by Crippen LogP contribution is 2.38. The SMILES string of the molecule is COc1ccc(N2C[C@H]3C[C@@H]2CN3C(=O)[C@@H]2O[C@H](CO)[C@H](O)[C@H](n3cc(-c4cccc(F)c4)nn3)[C@H]2O)cc1. The second-order valence-corrected chi connectivity index (χ2v) is 10.2. The molecule has 3 fully saturated rings. The number of carbonyl (C=O) groups excluding carboxylic acids is 1. The molecule has 2 aromatic carbocycles. The van der Waals surface area contributed by atoms with Crippen LogP contribution in [0.25, 0.3) is 11.3 Å². The molecule has 0 saturated carbocycles. The average Bonchev–Trinajstić information content (AvgIpc) is 3.70. The predicted octanol–water partition coefficient (Wildman–Crippen LogP) is 0.605. The molecule has 1 amide bonds. The number of benzene rings is 2. The van der Waals surface area contributed by atoms with E-state index in [1.54, 1.807) is 18.1 Å². The number of hydrogen-bond donors (Lipinski definition) is 3. The molecule has 6 rings (SSSR count). The number of ether oxygens (including phenoxy) is 2. The summed E-state index contributed by atoms with van der Waals surface area (Å²) in [5, 5.41) is 40.2. The smallest absolute Gasteiger partial charge is 0.254 e. The number of piperazine rings is 1. The van der Waals surface area contributed by atoms with Gasteiger partial charge in [0, 0.05) is 30.4 Å². The number of aliphatic hydroxyl groups excluding tert-OH is 3. The zero-order chi connectivity index (χ0) is 27.3. The van der Waals surface area contributed by atoms with Gasteiger partial charge in [-0.15, -0.1) is 5.10 Å². The Hall–Kier alpha value is -3.58. The maximum atomic E-state index is 13.7. The van der Waals surface area contributed by atoms with Gasteiger partial charge >= 0.3 is 0 Å². The molecule has 2 bridgehead atoms. The lowest BCUT2D eigenvalue weighted by Crippen LogP contribution is -2.62. The van der Waals surface area contributed by atoms with E-state index in [1.807, 2.05) is 24.3 Å². The molecule has 206 valence electrons. The van der Waals surface area contributed by atoms with Crippen LogP contribution in [0.1, 0.15) is 12.5 Å². The first-order chi connectivity index (χ1) is 18.9. The summed E-state index contributed by atoms with van der Waals surface area (Å²) >= 11 is 0. The first-order valence-corrected chi connectivity index (χ1v) is 12.9. The van der Waals surface area contributed by atoms with Crippen molar-refractivity contribution in [1.29, 1.82) is 0 Å². The maximum Gasteiger partial charge on any atom is 0.254 e. The van der Waals surface area contributed by atoms with Crippen molar-refractivity contribution < 1.29 is 34.0 Å². The highest BCUT2D eigenvalue weighted by atomic mass is 19.1. The summed E-state index contributed by atoms with van der Waals surface area (Å²) in [4.78, 5) is 17.7. The molecule has 1 aromatic heterocycles. The number of hydrogen-bond acceptors (Lipinski definition) is 9. The number of carbonyl (C=O) groups is 1. The number of amides is 1. The van der Waals surface area contributed by atoms with E-state index in [9.17, 15) is 24.5 Å². The Labute approximate surface area is 224 Å². The van der Waals surface area contributed by atoms with Gasteiger partial charge in [-0.3, -0.25) is 4.79 Å². The zero-order valence-electron chi connectivity index (χ0n) is 21.2. The lowest BCUT2D eigenvalue weighted by molar-refractivity contribution is -0.212. The molecule has 0 unspecified atom stereocenters. The number of methoxy groups -OCH3 is 1. The van der Waals surface area contributed by atoms with Gasteiger partial charge in [0.15, 0.2) is 6.10 Å². The van der Waals surface area contributed by atoms with Crippen LogP contribution >= 0.6 is 0 Å². The molecule has 3 saturated heterocycles. The van der Waals surface area contributed by atoms with E-state index in [0.717, 1.165) is 17.9 Å². The minimum atomic E-state index is -1.46. The molecule has 0 spiro atoms. The largest absolute Gasteiger partial charge is 0.497 e. The van der Waals surface area contributed by atoms with Crippen molar-refractivity contribution in [2.45, 2.75) is 49.0 Å². The number of halogens is 1. The number of fused-ring (bicyclic) bond motifs is 2. The number of aliphatic hydroxyl groups is 3. The number of rotatable bonds is 6. The Morgan fingerprint density at radius 3 is 2.59 bits per heavy atom. The van der Waals surface area contributed by atoms with Crippen LogP contribution in [0.15, 0.2) is 54.7 Å². The van der Waals surface area contributed by atoms with Gasteiger partial charge in [0.1, 0.15) is 41.6 Å². The molecule has 3 N–H and O–H groups in total. The van der Waals surface area contributed by atoms with E-state index >= 15 is 0 Å². The van der Waals surface area contributed by atoms with E-state index in [0.29, 0.717) is 24.3 Å². The van der Waals surface area contributed by atoms with Crippen molar-refractivity contribution in [3.05, 3.63) is 60.5 Å². The fourth-order valence-electron chi connectivity index (χ4n) is 6.01. The van der Waals surface area contributed by atoms with Crippen LogP contribution in [0, 0.1) is 5.82 Å². The molecular formula is C27H30FN5O6. The number of anilines is 1. The van der Waals surface area contributed by atoms with Crippen molar-refractivity contribution >= 4 is 11.6 Å². The highest BCUT2D eigenvalue weighted by molar-refractivity contribution is 5.83. The van der Waals surface area contributed by atoms with Crippen LogP contribution in [0.4, 0.5) is 10.1 Å². The first kappa shape index (κ1) is 25.7. The molecule has 3 aliphatic heterocycles. The number of likely N-dealkylation sites (tertiary alicyclic amines) is 1. The summed E-state index contributed by atoms with van der Waals surface area (Å²) < 4.78 is 26.0. The third kappa shape index (κ3) is 4.52. The monoisotopic (exact) mass is 539 g/mol. The molecule has 3 aliphatic rings. The topological polar surface area (TPSA) is 133 Å². The lowest BCUT2D eigenvalue weighted by atomic mass is 9.91. The normalized spacial score (nSPS) is 30.1. The molecule has 4 heterocycles. The standard InChI is InChI=1S/C27H30FN5O6/c1-38-20-7-5-17(6-8-20)31-11-19-10-18(31)12-32(19)27(37)26-25(36)23(24(35)22(14-34)39-26)33-13-21(29-30-33)15-3-2-4-16(28)9-15/h2-9,13,18-19,22-26,34-36H,10-12,14H2,1H3/t18-,19-,22-,23+,24+,25-,26-/m1/s1. The van der Waals surface area contributed by atoms with E-state index in [4.69, 9.17) is 9.47 Å². The molecule has 39 heavy (non-hydrogen) atoms. The van der Waals surface area contributed by atoms with E-state index < -0.39 is 48.8 Å². The van der Waals surface area contributed by atoms with Gasteiger partial charge < -0.3 is 34.6 Å². The zero-order valence-corrected chi connectivity index (χ0v) is 21.2. The van der Waals surface area contributed by atoms with Crippen molar-refractivity contribution in [3.8, 4) is 17.0 Å². The van der Waals surface area contributed by atoms with Crippen LogP contribution in [0.5, 0.6) is 5.75 Å². The van der Waals surface area contributed by atoms with Crippen molar-refractivity contribution in [3.63, 3.8) is 0 Å². The number of nitrogens with zero attached hydrogens (tertiary/aromatic N) is 5. The molecular weight excluding hydrogens is 509 g/mol. The Morgan fingerprint density at radius 1 is 1.13 bits per heavy atom. The van der Waals surface area contributed by atoms with Gasteiger partial charge in [-0.25, -0.2) is 9.07 Å². The van der Waals surface area contributed by atoms with Gasteiger partial charge in [0.25, 0.3) is 5.91 Å². The van der Waals surface area contributed by atoms with Crippen molar-refractivity contribution in [2.24, 2.45) is 0 Å². The van der Waals surface area contributed by atoms with Gasteiger partial charge in [-0.2, -0.15) is 0 Å².